The van der Waals surface area contributed by atoms with Crippen molar-refractivity contribution in [2.75, 3.05) is 7.11 Å². The molecular weight excluding hydrogens is 276 g/mol. The van der Waals surface area contributed by atoms with E-state index in [1.807, 2.05) is 0 Å². The first kappa shape index (κ1) is 14.2. The number of nitrogens with zero attached hydrogens (tertiary/aromatic N) is 2. The summed E-state index contributed by atoms with van der Waals surface area (Å²) in [5.41, 5.74) is 1.27. The van der Waals surface area contributed by atoms with Crippen molar-refractivity contribution in [3.05, 3.63) is 53.7 Å². The monoisotopic (exact) mass is 290 g/mol. The van der Waals surface area contributed by atoms with Crippen LogP contribution in [0.25, 0.3) is 0 Å². The van der Waals surface area contributed by atoms with Gasteiger partial charge in [0.25, 0.3) is 10.0 Å². The average molecular weight is 290 g/mol. The van der Waals surface area contributed by atoms with Crippen LogP contribution in [0.3, 0.4) is 0 Å². The summed E-state index contributed by atoms with van der Waals surface area (Å²) in [6.45, 7) is 1.73. The van der Waals surface area contributed by atoms with Crippen LogP contribution < -0.4 is 4.74 Å². The third kappa shape index (κ3) is 3.42. The molecule has 0 aliphatic carbocycles. The van der Waals surface area contributed by atoms with Crippen molar-refractivity contribution in [2.24, 2.45) is 4.40 Å². The average Bonchev–Trinajstić information content (AvgIpc) is 2.45. The van der Waals surface area contributed by atoms with Gasteiger partial charge in [-0.3, -0.25) is 0 Å². The molecule has 5 nitrogen and oxygen atoms in total. The van der Waals surface area contributed by atoms with Crippen LogP contribution in [0.2, 0.25) is 0 Å². The van der Waals surface area contributed by atoms with Crippen LogP contribution in [0.5, 0.6) is 5.75 Å². The minimum atomic E-state index is -3.78. The highest BCUT2D eigenvalue weighted by atomic mass is 32.2. The lowest BCUT2D eigenvalue weighted by Crippen LogP contribution is -2.01. The van der Waals surface area contributed by atoms with Crippen LogP contribution in [-0.4, -0.2) is 26.7 Å². The van der Waals surface area contributed by atoms with E-state index in [1.165, 1.54) is 12.3 Å². The van der Waals surface area contributed by atoms with E-state index < -0.39 is 10.0 Å². The maximum Gasteiger partial charge on any atom is 0.299 e. The van der Waals surface area contributed by atoms with E-state index >= 15 is 0 Å². The standard InChI is InChI=1S/C14H14N2O3S/c1-11-5-3-8-14(16-11)20(17,18)15-10-12-6-4-7-13(9-12)19-2/h3-10H,1-2H3/b15-10+. The zero-order valence-corrected chi connectivity index (χ0v) is 12.0. The van der Waals surface area contributed by atoms with Crippen molar-refractivity contribution in [1.29, 1.82) is 0 Å². The number of rotatable bonds is 4. The lowest BCUT2D eigenvalue weighted by molar-refractivity contribution is 0.415. The second-order valence-corrected chi connectivity index (χ2v) is 5.68. The summed E-state index contributed by atoms with van der Waals surface area (Å²) in [6, 6.07) is 11.8. The minimum absolute atomic E-state index is 0.0587. The number of sulfonamides is 1. The van der Waals surface area contributed by atoms with E-state index in [1.54, 1.807) is 50.4 Å². The van der Waals surface area contributed by atoms with E-state index in [0.29, 0.717) is 17.0 Å². The van der Waals surface area contributed by atoms with E-state index in [9.17, 15) is 8.42 Å². The van der Waals surface area contributed by atoms with Crippen LogP contribution in [-0.2, 0) is 10.0 Å². The van der Waals surface area contributed by atoms with Gasteiger partial charge >= 0.3 is 0 Å². The van der Waals surface area contributed by atoms with E-state index in [4.69, 9.17) is 4.74 Å². The molecule has 0 aliphatic rings. The Bertz CT molecular complexity index is 740. The van der Waals surface area contributed by atoms with Crippen LogP contribution >= 0.6 is 0 Å². The topological polar surface area (TPSA) is 68.6 Å². The fourth-order valence-electron chi connectivity index (χ4n) is 1.57. The number of pyridine rings is 1. The maximum atomic E-state index is 12.0. The summed E-state index contributed by atoms with van der Waals surface area (Å²) in [5.74, 6) is 0.639. The lowest BCUT2D eigenvalue weighted by atomic mass is 10.2. The normalized spacial score (nSPS) is 11.7. The maximum absolute atomic E-state index is 12.0. The second kappa shape index (κ2) is 5.83. The van der Waals surface area contributed by atoms with Gasteiger partial charge in [-0.15, -0.1) is 0 Å². The molecule has 1 heterocycles. The second-order valence-electron chi connectivity index (χ2n) is 4.10. The van der Waals surface area contributed by atoms with Crippen LogP contribution in [0, 0.1) is 6.92 Å². The fraction of sp³-hybridized carbons (Fsp3) is 0.143. The SMILES string of the molecule is COc1cccc(/C=N/S(=O)(=O)c2cccc(C)n2)c1. The number of ether oxygens (including phenoxy) is 1. The van der Waals surface area contributed by atoms with Gasteiger partial charge in [-0.05, 0) is 36.8 Å². The van der Waals surface area contributed by atoms with Crippen molar-refractivity contribution in [2.45, 2.75) is 11.9 Å². The zero-order chi connectivity index (χ0) is 14.6. The number of hydrogen-bond donors (Lipinski definition) is 0. The Kier molecular flexibility index (Phi) is 4.14. The molecule has 0 saturated heterocycles. The Morgan fingerprint density at radius 1 is 1.20 bits per heavy atom. The third-order valence-corrected chi connectivity index (χ3v) is 3.70. The van der Waals surface area contributed by atoms with Gasteiger partial charge in [0.2, 0.25) is 0 Å². The molecule has 0 fully saturated rings. The molecular formula is C14H14N2O3S. The quantitative estimate of drug-likeness (QED) is 0.810. The Morgan fingerprint density at radius 2 is 1.95 bits per heavy atom. The largest absolute Gasteiger partial charge is 0.497 e. The molecule has 20 heavy (non-hydrogen) atoms. The van der Waals surface area contributed by atoms with Crippen molar-refractivity contribution >= 4 is 16.2 Å². The Balaban J connectivity index is 2.30. The summed E-state index contributed by atoms with van der Waals surface area (Å²) in [5, 5.41) is -0.0587. The molecule has 6 heteroatoms. The van der Waals surface area contributed by atoms with Crippen LogP contribution in [0.1, 0.15) is 11.3 Å². The van der Waals surface area contributed by atoms with Gasteiger partial charge in [-0.1, -0.05) is 18.2 Å². The molecule has 0 atom stereocenters. The fourth-order valence-corrected chi connectivity index (χ4v) is 2.45. The number of aryl methyl sites for hydroxylation is 1. The molecule has 0 spiro atoms. The number of methoxy groups -OCH3 is 1. The smallest absolute Gasteiger partial charge is 0.299 e. The van der Waals surface area contributed by atoms with Gasteiger partial charge < -0.3 is 4.74 Å². The first-order valence-corrected chi connectivity index (χ1v) is 7.33. The summed E-state index contributed by atoms with van der Waals surface area (Å²) in [6.07, 6.45) is 1.28. The van der Waals surface area contributed by atoms with E-state index in [-0.39, 0.29) is 5.03 Å². The molecule has 0 radical (unpaired) electrons. The number of benzene rings is 1. The molecule has 2 aromatic rings. The zero-order valence-electron chi connectivity index (χ0n) is 11.1. The molecule has 0 saturated carbocycles. The summed E-state index contributed by atoms with van der Waals surface area (Å²) < 4.78 is 32.7. The lowest BCUT2D eigenvalue weighted by Gasteiger charge is -2.01. The van der Waals surface area contributed by atoms with Gasteiger partial charge in [0, 0.05) is 11.9 Å². The highest BCUT2D eigenvalue weighted by molar-refractivity contribution is 7.90. The van der Waals surface area contributed by atoms with Gasteiger partial charge in [-0.2, -0.15) is 12.8 Å². The summed E-state index contributed by atoms with van der Waals surface area (Å²) in [4.78, 5) is 3.96. The van der Waals surface area contributed by atoms with E-state index in [2.05, 4.69) is 9.38 Å². The van der Waals surface area contributed by atoms with Crippen molar-refractivity contribution in [1.82, 2.24) is 4.98 Å². The minimum Gasteiger partial charge on any atom is -0.497 e. The summed E-state index contributed by atoms with van der Waals surface area (Å²) in [7, 11) is -2.24. The van der Waals surface area contributed by atoms with Crippen molar-refractivity contribution in [3.8, 4) is 5.75 Å². The molecule has 1 aromatic heterocycles. The van der Waals surface area contributed by atoms with E-state index in [0.717, 1.165) is 0 Å². The molecule has 1 aromatic carbocycles. The molecule has 104 valence electrons. The van der Waals surface area contributed by atoms with Gasteiger partial charge in [0.15, 0.2) is 5.03 Å². The molecule has 0 bridgehead atoms. The molecule has 2 rings (SSSR count). The van der Waals surface area contributed by atoms with Crippen LogP contribution in [0.4, 0.5) is 0 Å². The molecule has 0 aliphatic heterocycles. The third-order valence-electron chi connectivity index (χ3n) is 2.56. The molecule has 0 amide bonds. The molecule has 0 N–H and O–H groups in total. The predicted molar refractivity (Wildman–Crippen MR) is 76.7 cm³/mol. The first-order chi connectivity index (χ1) is 9.51. The van der Waals surface area contributed by atoms with Gasteiger partial charge in [0.05, 0.1) is 7.11 Å². The summed E-state index contributed by atoms with van der Waals surface area (Å²) >= 11 is 0. The predicted octanol–water partition coefficient (Wildman–Crippen LogP) is 2.21. The Morgan fingerprint density at radius 3 is 2.65 bits per heavy atom. The Hall–Kier alpha value is -2.21. The molecule has 0 unspecified atom stereocenters. The highest BCUT2D eigenvalue weighted by Gasteiger charge is 2.13. The van der Waals surface area contributed by atoms with Crippen molar-refractivity contribution in [3.63, 3.8) is 0 Å². The highest BCUT2D eigenvalue weighted by Crippen LogP contribution is 2.13. The van der Waals surface area contributed by atoms with Gasteiger partial charge in [-0.25, -0.2) is 4.98 Å². The van der Waals surface area contributed by atoms with Gasteiger partial charge in [0.1, 0.15) is 5.75 Å². The van der Waals surface area contributed by atoms with Crippen LogP contribution in [0.15, 0.2) is 51.9 Å². The van der Waals surface area contributed by atoms with Crippen molar-refractivity contribution < 1.29 is 13.2 Å². The number of aromatic nitrogens is 1. The number of hydrogen-bond acceptors (Lipinski definition) is 4. The first-order valence-electron chi connectivity index (χ1n) is 5.89. The Labute approximate surface area is 118 Å².